The topological polar surface area (TPSA) is 81.0 Å². The summed E-state index contributed by atoms with van der Waals surface area (Å²) in [5.41, 5.74) is 6.36. The Bertz CT molecular complexity index is 1550. The van der Waals surface area contributed by atoms with Crippen LogP contribution in [0, 0.1) is 11.3 Å². The van der Waals surface area contributed by atoms with Crippen molar-refractivity contribution in [3.05, 3.63) is 117 Å². The van der Waals surface area contributed by atoms with Gasteiger partial charge in [0.15, 0.2) is 0 Å². The van der Waals surface area contributed by atoms with Gasteiger partial charge in [0.25, 0.3) is 5.56 Å². The molecule has 0 saturated carbocycles. The Labute approximate surface area is 191 Å². The first-order chi connectivity index (χ1) is 16.3. The van der Waals surface area contributed by atoms with Gasteiger partial charge in [-0.15, -0.1) is 0 Å². The SMILES string of the molecule is N#CC1=C(N)Oc2c(c(=O)n(-c3ccccc3)c3ccccc23)C1c1ccc(C(F)(F)F)cc1. The zero-order valence-corrected chi connectivity index (χ0v) is 17.5. The summed E-state index contributed by atoms with van der Waals surface area (Å²) in [4.78, 5) is 13.9. The Kier molecular flexibility index (Phi) is 4.91. The maximum atomic E-state index is 13.9. The highest BCUT2D eigenvalue weighted by molar-refractivity contribution is 5.89. The molecule has 5 nitrogen and oxygen atoms in total. The fraction of sp³-hybridized carbons (Fsp3) is 0.0769. The predicted octanol–water partition coefficient (Wildman–Crippen LogP) is 5.23. The molecule has 1 aromatic heterocycles. The highest BCUT2D eigenvalue weighted by Crippen LogP contribution is 2.44. The number of nitriles is 1. The second-order valence-corrected chi connectivity index (χ2v) is 7.78. The quantitative estimate of drug-likeness (QED) is 0.445. The van der Waals surface area contributed by atoms with Crippen LogP contribution < -0.4 is 16.0 Å². The zero-order chi connectivity index (χ0) is 24.0. The van der Waals surface area contributed by atoms with Gasteiger partial charge in [0.2, 0.25) is 5.88 Å². The number of fused-ring (bicyclic) bond motifs is 3. The summed E-state index contributed by atoms with van der Waals surface area (Å²) >= 11 is 0. The molecule has 1 aliphatic rings. The summed E-state index contributed by atoms with van der Waals surface area (Å²) in [7, 11) is 0. The number of alkyl halides is 3. The van der Waals surface area contributed by atoms with Crippen LogP contribution in [-0.4, -0.2) is 4.57 Å². The first kappa shape index (κ1) is 21.3. The van der Waals surface area contributed by atoms with Crippen LogP contribution in [0.25, 0.3) is 16.6 Å². The maximum absolute atomic E-state index is 13.9. The van der Waals surface area contributed by atoms with Gasteiger partial charge in [0.05, 0.1) is 22.6 Å². The molecule has 0 bridgehead atoms. The molecule has 168 valence electrons. The first-order valence-electron chi connectivity index (χ1n) is 10.3. The van der Waals surface area contributed by atoms with Crippen molar-refractivity contribution < 1.29 is 17.9 Å². The largest absolute Gasteiger partial charge is 0.439 e. The molecule has 0 radical (unpaired) electrons. The molecule has 0 fully saturated rings. The van der Waals surface area contributed by atoms with E-state index in [2.05, 4.69) is 0 Å². The number of halogens is 3. The van der Waals surface area contributed by atoms with Crippen LogP contribution in [0.5, 0.6) is 5.75 Å². The van der Waals surface area contributed by atoms with Crippen LogP contribution >= 0.6 is 0 Å². The van der Waals surface area contributed by atoms with Crippen molar-refractivity contribution in [1.82, 2.24) is 4.57 Å². The van der Waals surface area contributed by atoms with E-state index in [0.717, 1.165) is 12.1 Å². The van der Waals surface area contributed by atoms with Crippen LogP contribution in [0.2, 0.25) is 0 Å². The van der Waals surface area contributed by atoms with E-state index in [1.54, 1.807) is 48.5 Å². The number of benzene rings is 3. The minimum Gasteiger partial charge on any atom is -0.439 e. The van der Waals surface area contributed by atoms with E-state index in [-0.39, 0.29) is 22.8 Å². The fourth-order valence-electron chi connectivity index (χ4n) is 4.30. The number of para-hydroxylation sites is 2. The van der Waals surface area contributed by atoms with Gasteiger partial charge in [-0.2, -0.15) is 18.4 Å². The minimum absolute atomic E-state index is 0.0424. The van der Waals surface area contributed by atoms with E-state index in [1.165, 1.54) is 16.7 Å². The summed E-state index contributed by atoms with van der Waals surface area (Å²) in [6.07, 6.45) is -4.52. The third-order valence-electron chi connectivity index (χ3n) is 5.83. The molecule has 1 atom stereocenters. The van der Waals surface area contributed by atoms with Crippen molar-refractivity contribution >= 4 is 10.9 Å². The maximum Gasteiger partial charge on any atom is 0.416 e. The number of pyridine rings is 1. The van der Waals surface area contributed by atoms with Crippen molar-refractivity contribution in [2.45, 2.75) is 12.1 Å². The zero-order valence-electron chi connectivity index (χ0n) is 17.5. The molecule has 8 heteroatoms. The second-order valence-electron chi connectivity index (χ2n) is 7.78. The van der Waals surface area contributed by atoms with Crippen LogP contribution in [0.15, 0.2) is 95.1 Å². The van der Waals surface area contributed by atoms with Crippen LogP contribution in [-0.2, 0) is 6.18 Å². The molecule has 0 saturated heterocycles. The number of rotatable bonds is 2. The molecule has 0 aliphatic carbocycles. The van der Waals surface area contributed by atoms with Gasteiger partial charge < -0.3 is 10.5 Å². The van der Waals surface area contributed by atoms with Gasteiger partial charge in [-0.25, -0.2) is 0 Å². The third-order valence-corrected chi connectivity index (χ3v) is 5.83. The highest BCUT2D eigenvalue weighted by Gasteiger charge is 2.37. The molecule has 0 spiro atoms. The van der Waals surface area contributed by atoms with Gasteiger partial charge >= 0.3 is 6.18 Å². The lowest BCUT2D eigenvalue weighted by Crippen LogP contribution is -2.31. The van der Waals surface area contributed by atoms with Gasteiger partial charge in [-0.1, -0.05) is 42.5 Å². The lowest BCUT2D eigenvalue weighted by atomic mass is 9.83. The van der Waals surface area contributed by atoms with Crippen molar-refractivity contribution in [3.8, 4) is 17.5 Å². The molecule has 4 aromatic rings. The lowest BCUT2D eigenvalue weighted by Gasteiger charge is -2.28. The van der Waals surface area contributed by atoms with Crippen molar-refractivity contribution in [1.29, 1.82) is 5.26 Å². The average molecular weight is 459 g/mol. The molecule has 1 aliphatic heterocycles. The third kappa shape index (κ3) is 3.30. The van der Waals surface area contributed by atoms with Crippen LogP contribution in [0.1, 0.15) is 22.6 Å². The number of aromatic nitrogens is 1. The Morgan fingerprint density at radius 1 is 0.941 bits per heavy atom. The number of allylic oxidation sites excluding steroid dienone is 1. The Hall–Kier alpha value is -4.51. The molecular weight excluding hydrogens is 443 g/mol. The van der Waals surface area contributed by atoms with Gasteiger partial charge in [-0.3, -0.25) is 9.36 Å². The highest BCUT2D eigenvalue weighted by atomic mass is 19.4. The summed E-state index contributed by atoms with van der Waals surface area (Å²) < 4.78 is 46.7. The number of nitrogens with zero attached hydrogens (tertiary/aromatic N) is 2. The Balaban J connectivity index is 1.85. The number of nitrogens with two attached hydrogens (primary N) is 1. The molecule has 1 unspecified atom stereocenters. The molecule has 2 heterocycles. The van der Waals surface area contributed by atoms with Crippen LogP contribution in [0.3, 0.4) is 0 Å². The summed E-state index contributed by atoms with van der Waals surface area (Å²) in [5.74, 6) is -1.00. The lowest BCUT2D eigenvalue weighted by molar-refractivity contribution is -0.137. The van der Waals surface area contributed by atoms with E-state index < -0.39 is 23.2 Å². The average Bonchev–Trinajstić information content (AvgIpc) is 2.83. The minimum atomic E-state index is -4.52. The van der Waals surface area contributed by atoms with Gasteiger partial charge in [-0.05, 0) is 42.0 Å². The van der Waals surface area contributed by atoms with Crippen molar-refractivity contribution in [3.63, 3.8) is 0 Å². The number of ether oxygens (including phenoxy) is 1. The van der Waals surface area contributed by atoms with E-state index in [0.29, 0.717) is 22.2 Å². The molecule has 3 aromatic carbocycles. The van der Waals surface area contributed by atoms with E-state index in [4.69, 9.17) is 10.5 Å². The monoisotopic (exact) mass is 459 g/mol. The standard InChI is InChI=1S/C26H16F3N3O2/c27-26(28,29)16-12-10-15(11-13-16)21-19(14-30)24(31)34-23-18-8-4-5-9-20(18)32(25(33)22(21)23)17-6-2-1-3-7-17/h1-13,21H,31H2. The predicted molar refractivity (Wildman–Crippen MR) is 120 cm³/mol. The number of hydrogen-bond donors (Lipinski definition) is 1. The summed E-state index contributed by atoms with van der Waals surface area (Å²) in [6, 6.07) is 22.4. The normalized spacial score (nSPS) is 15.5. The number of hydrogen-bond acceptors (Lipinski definition) is 4. The molecule has 0 amide bonds. The van der Waals surface area contributed by atoms with Gasteiger partial charge in [0, 0.05) is 11.1 Å². The van der Waals surface area contributed by atoms with Gasteiger partial charge in [0.1, 0.15) is 17.4 Å². The fourth-order valence-corrected chi connectivity index (χ4v) is 4.30. The van der Waals surface area contributed by atoms with Crippen LogP contribution in [0.4, 0.5) is 13.2 Å². The van der Waals surface area contributed by atoms with E-state index >= 15 is 0 Å². The molecule has 5 rings (SSSR count). The summed E-state index contributed by atoms with van der Waals surface area (Å²) in [6.45, 7) is 0. The van der Waals surface area contributed by atoms with Crippen molar-refractivity contribution in [2.75, 3.05) is 0 Å². The van der Waals surface area contributed by atoms with E-state index in [1.807, 2.05) is 12.1 Å². The molecule has 34 heavy (non-hydrogen) atoms. The Morgan fingerprint density at radius 2 is 1.59 bits per heavy atom. The second kappa shape index (κ2) is 7.81. The smallest absolute Gasteiger partial charge is 0.416 e. The first-order valence-corrected chi connectivity index (χ1v) is 10.3. The van der Waals surface area contributed by atoms with E-state index in [9.17, 15) is 23.2 Å². The Morgan fingerprint density at radius 3 is 2.24 bits per heavy atom. The summed E-state index contributed by atoms with van der Waals surface area (Å²) in [5, 5.41) is 10.4. The van der Waals surface area contributed by atoms with Crippen molar-refractivity contribution in [2.24, 2.45) is 5.73 Å². The molecular formula is C26H16F3N3O2. The molecule has 2 N–H and O–H groups in total.